The molecule has 18 rings (SSSR count). The third-order valence-electron chi connectivity index (χ3n) is 21.5. The van der Waals surface area contributed by atoms with Crippen molar-refractivity contribution in [3.8, 4) is 22.9 Å². The number of hydrogen-bond acceptors (Lipinski definition) is 4. The molecule has 0 aliphatic carbocycles. The first kappa shape index (κ1) is 60.7. The zero-order valence-electron chi connectivity index (χ0n) is 57.9. The molecule has 484 valence electrons. The van der Waals surface area contributed by atoms with Crippen molar-refractivity contribution < 1.29 is 17.9 Å². The van der Waals surface area contributed by atoms with Gasteiger partial charge in [-0.1, -0.05) is 210 Å². The van der Waals surface area contributed by atoms with Crippen molar-refractivity contribution in [2.75, 3.05) is 14.7 Å². The van der Waals surface area contributed by atoms with Crippen molar-refractivity contribution >= 4 is 141 Å². The van der Waals surface area contributed by atoms with Crippen LogP contribution in [0.4, 0.5) is 64.4 Å². The van der Waals surface area contributed by atoms with Crippen LogP contribution >= 0.6 is 0 Å². The fourth-order valence-corrected chi connectivity index (χ4v) is 16.5. The summed E-state index contributed by atoms with van der Waals surface area (Å²) in [7, 11) is 0. The number of halogens is 3. The zero-order chi connectivity index (χ0) is 68.2. The predicted octanol–water partition coefficient (Wildman–Crippen LogP) is 20.0. The summed E-state index contributed by atoms with van der Waals surface area (Å²) in [6, 6.07) is 80.9. The van der Waals surface area contributed by atoms with E-state index in [1.165, 1.54) is 33.0 Å². The van der Waals surface area contributed by atoms with Gasteiger partial charge in [0.05, 0.1) is 33.4 Å². The summed E-state index contributed by atoms with van der Waals surface area (Å²) in [5, 5.41) is 4.53. The predicted molar refractivity (Wildman–Crippen MR) is 410 cm³/mol. The number of anilines is 9. The summed E-state index contributed by atoms with van der Waals surface area (Å²) in [6.07, 6.45) is 0. The van der Waals surface area contributed by atoms with Gasteiger partial charge in [-0.25, -0.2) is 13.2 Å². The van der Waals surface area contributed by atoms with Crippen molar-refractivity contribution in [1.82, 2.24) is 9.13 Å². The molecule has 0 spiro atoms. The Balaban J connectivity index is 0.968. The van der Waals surface area contributed by atoms with Crippen molar-refractivity contribution in [3.05, 3.63) is 270 Å². The Morgan fingerprint density at radius 1 is 0.293 bits per heavy atom. The van der Waals surface area contributed by atoms with E-state index >= 15 is 13.2 Å². The van der Waals surface area contributed by atoms with Crippen LogP contribution in [-0.4, -0.2) is 22.6 Å². The second kappa shape index (κ2) is 21.2. The molecule has 6 heterocycles. The van der Waals surface area contributed by atoms with Crippen LogP contribution in [0.3, 0.4) is 0 Å². The normalized spacial score (nSPS) is 14.0. The Morgan fingerprint density at radius 3 is 1.13 bits per heavy atom. The molecule has 11 heteroatoms. The molecule has 99 heavy (non-hydrogen) atoms. The van der Waals surface area contributed by atoms with Gasteiger partial charge in [-0.3, -0.25) is 0 Å². The molecule has 0 fully saturated rings. The van der Waals surface area contributed by atoms with Gasteiger partial charge in [-0.2, -0.15) is 0 Å². The number of fused-ring (bicyclic) bond motifs is 14. The third-order valence-corrected chi connectivity index (χ3v) is 21.5. The van der Waals surface area contributed by atoms with E-state index in [2.05, 4.69) is 296 Å². The van der Waals surface area contributed by atoms with Crippen molar-refractivity contribution in [1.29, 1.82) is 0 Å². The maximum absolute atomic E-state index is 17.4. The molecule has 6 nitrogen and oxygen atoms in total. The number of benzene rings is 12. The minimum Gasteiger partial charge on any atom is -0.458 e. The molecule has 4 aliphatic rings. The fourth-order valence-electron chi connectivity index (χ4n) is 16.5. The average Bonchev–Trinajstić information content (AvgIpc) is 1.02. The van der Waals surface area contributed by atoms with Gasteiger partial charge in [0, 0.05) is 85.2 Å². The molecule has 14 aromatic rings. The topological polar surface area (TPSA) is 28.8 Å². The smallest absolute Gasteiger partial charge is 0.256 e. The van der Waals surface area contributed by atoms with Crippen molar-refractivity contribution in [2.45, 2.75) is 105 Å². The number of rotatable bonds is 5. The Hall–Kier alpha value is -10.6. The molecule has 0 saturated carbocycles. The quantitative estimate of drug-likeness (QED) is 0.161. The first-order valence-electron chi connectivity index (χ1n) is 34.6. The van der Waals surface area contributed by atoms with E-state index < -0.39 is 24.2 Å². The molecule has 2 aromatic heterocycles. The number of aromatic nitrogens is 2. The van der Waals surface area contributed by atoms with E-state index in [0.29, 0.717) is 11.4 Å². The van der Waals surface area contributed by atoms with Crippen LogP contribution in [-0.2, 0) is 21.7 Å². The van der Waals surface area contributed by atoms with Gasteiger partial charge in [0.25, 0.3) is 13.4 Å². The monoisotopic (exact) mass is 1300 g/mol. The van der Waals surface area contributed by atoms with E-state index in [1.54, 1.807) is 4.90 Å². The van der Waals surface area contributed by atoms with Gasteiger partial charge in [-0.15, -0.1) is 0 Å². The van der Waals surface area contributed by atoms with Gasteiger partial charge in [0.1, 0.15) is 23.0 Å². The molecule has 0 radical (unpaired) electrons. The maximum Gasteiger partial charge on any atom is 0.256 e. The van der Waals surface area contributed by atoms with Crippen LogP contribution < -0.4 is 52.2 Å². The number of nitrogens with zero attached hydrogens (tertiary/aromatic N) is 5. The van der Waals surface area contributed by atoms with Crippen LogP contribution in [0, 0.1) is 17.5 Å². The van der Waals surface area contributed by atoms with Crippen LogP contribution in [0.1, 0.15) is 105 Å². The first-order chi connectivity index (χ1) is 47.4. The number of hydrogen-bond donors (Lipinski definition) is 0. The Morgan fingerprint density at radius 2 is 0.677 bits per heavy atom. The van der Waals surface area contributed by atoms with Gasteiger partial charge in [0.2, 0.25) is 0 Å². The second-order valence-corrected chi connectivity index (χ2v) is 31.8. The Labute approximate surface area is 577 Å². The maximum atomic E-state index is 17.4. The Kier molecular flexibility index (Phi) is 13.0. The molecular formula is C88H74B2F3N5O. The molecule has 0 unspecified atom stereocenters. The second-order valence-electron chi connectivity index (χ2n) is 31.8. The summed E-state index contributed by atoms with van der Waals surface area (Å²) in [5.41, 5.74) is 22.6. The third kappa shape index (κ3) is 9.18. The summed E-state index contributed by atoms with van der Waals surface area (Å²) >= 11 is 0. The van der Waals surface area contributed by atoms with Crippen LogP contribution in [0.25, 0.3) is 55.0 Å². The lowest BCUT2D eigenvalue weighted by Gasteiger charge is -2.46. The highest BCUT2D eigenvalue weighted by Crippen LogP contribution is 2.51. The summed E-state index contributed by atoms with van der Waals surface area (Å²) in [5.74, 6) is -1.46. The SMILES string of the molecule is CC(C)(C)c1ccc2c3ccc(C(C)(C)C)cc3n(-c3cc4c5c(c3)N(c3ccccc3)c3cc6c(cc3B5c3ccccc3O4)B3c4ccccc4N(c4c(F)cc(F)cc4F)c4cc(-n5c7cc(C(C)(C)C)ccc7c7ccc(C(C)(C)C)cc75)cc(c43)N6c3ccccc3)c2c1. The van der Waals surface area contributed by atoms with Gasteiger partial charge in [0.15, 0.2) is 11.6 Å². The molecule has 0 amide bonds. The van der Waals surface area contributed by atoms with E-state index in [1.807, 2.05) is 24.3 Å². The van der Waals surface area contributed by atoms with Gasteiger partial charge < -0.3 is 28.6 Å². The number of ether oxygens (including phenoxy) is 1. The van der Waals surface area contributed by atoms with Gasteiger partial charge in [-0.05, 0) is 162 Å². The molecular weight excluding hydrogens is 1220 g/mol. The molecule has 4 aliphatic heterocycles. The minimum atomic E-state index is -1.01. The standard InChI is InChI=1S/C88H74B2F3N5O/c1-85(2,3)51-31-35-60-61-36-32-52(86(4,5)6)40-72(61)96(71(60)39-51)58-45-77-82-78(46-58)98(84-68(92)43-55(91)44-69(84)93)70-29-21-19-27-64(70)89(82)66-49-67-76(50-75(66)94(77)56-23-15-13-16-24-56)95(57-25-17-14-18-26-57)79-47-59(48-81-83(79)90(67)65-28-20-22-30-80(65)99-81)97-73-41-53(87(7,8)9)33-37-62(73)63-38-34-54(42-74(63)97)88(10,11)12/h13-50H,1-12H3. The zero-order valence-corrected chi connectivity index (χ0v) is 57.9. The minimum absolute atomic E-state index is 0.118. The van der Waals surface area contributed by atoms with Crippen molar-refractivity contribution in [2.24, 2.45) is 0 Å². The lowest BCUT2D eigenvalue weighted by molar-refractivity contribution is 0.487. The van der Waals surface area contributed by atoms with E-state index in [-0.39, 0.29) is 34.1 Å². The highest BCUT2D eigenvalue weighted by molar-refractivity contribution is 7.02. The lowest BCUT2D eigenvalue weighted by Crippen LogP contribution is -2.64. The van der Waals surface area contributed by atoms with Crippen LogP contribution in [0.5, 0.6) is 11.5 Å². The van der Waals surface area contributed by atoms with E-state index in [9.17, 15) is 0 Å². The lowest BCUT2D eigenvalue weighted by atomic mass is 9.30. The van der Waals surface area contributed by atoms with Gasteiger partial charge >= 0.3 is 0 Å². The molecule has 12 aromatic carbocycles. The molecule has 0 N–H and O–H groups in total. The highest BCUT2D eigenvalue weighted by atomic mass is 19.1. The molecule has 0 bridgehead atoms. The number of para-hydroxylation sites is 4. The molecule has 0 saturated heterocycles. The van der Waals surface area contributed by atoms with Crippen molar-refractivity contribution in [3.63, 3.8) is 0 Å². The summed E-state index contributed by atoms with van der Waals surface area (Å²) in [6.45, 7) is 26.3. The van der Waals surface area contributed by atoms with Crippen LogP contribution in [0.15, 0.2) is 231 Å². The average molecular weight is 1300 g/mol. The highest BCUT2D eigenvalue weighted by Gasteiger charge is 2.49. The van der Waals surface area contributed by atoms with E-state index in [0.717, 1.165) is 135 Å². The fraction of sp³-hybridized carbons (Fsp3) is 0.182. The van der Waals surface area contributed by atoms with E-state index in [4.69, 9.17) is 4.74 Å². The molecule has 0 atom stereocenters. The largest absolute Gasteiger partial charge is 0.458 e. The summed E-state index contributed by atoms with van der Waals surface area (Å²) < 4.78 is 62.5. The summed E-state index contributed by atoms with van der Waals surface area (Å²) in [4.78, 5) is 6.55. The first-order valence-corrected chi connectivity index (χ1v) is 34.6. The Bertz CT molecular complexity index is 5620. The van der Waals surface area contributed by atoms with Crippen LogP contribution in [0.2, 0.25) is 0 Å².